The van der Waals surface area contributed by atoms with Crippen molar-refractivity contribution in [3.63, 3.8) is 0 Å². The Balaban J connectivity index is 2.43. The lowest BCUT2D eigenvalue weighted by Crippen LogP contribution is -2.13. The zero-order chi connectivity index (χ0) is 11.7. The Morgan fingerprint density at radius 2 is 2.38 bits per heavy atom. The molecule has 1 N–H and O–H groups in total. The molecule has 0 aliphatic rings. The summed E-state index contributed by atoms with van der Waals surface area (Å²) in [5.74, 6) is -1.31. The van der Waals surface area contributed by atoms with Crippen molar-refractivity contribution in [1.82, 2.24) is 9.38 Å². The Morgan fingerprint density at radius 1 is 1.62 bits per heavy atom. The molecule has 1 atom stereocenters. The standard InChI is InChI=1S/C11H11ClN2O2/c1-7(11(15)16)6-8-10(12)13-9-4-2-3-5-14(8)9/h2-5,7H,6H2,1H3,(H,15,16). The van der Waals surface area contributed by atoms with E-state index in [1.165, 1.54) is 0 Å². The first-order valence-corrected chi connectivity index (χ1v) is 5.31. The third-order valence-corrected chi connectivity index (χ3v) is 2.80. The van der Waals surface area contributed by atoms with Gasteiger partial charge < -0.3 is 9.51 Å². The minimum atomic E-state index is -0.832. The smallest absolute Gasteiger partial charge is 0.306 e. The van der Waals surface area contributed by atoms with E-state index in [9.17, 15) is 4.79 Å². The lowest BCUT2D eigenvalue weighted by Gasteiger charge is -2.06. The monoisotopic (exact) mass is 238 g/mol. The van der Waals surface area contributed by atoms with E-state index >= 15 is 0 Å². The predicted molar refractivity (Wildman–Crippen MR) is 60.7 cm³/mol. The first-order valence-electron chi connectivity index (χ1n) is 4.94. The summed E-state index contributed by atoms with van der Waals surface area (Å²) in [6.45, 7) is 1.65. The van der Waals surface area contributed by atoms with Gasteiger partial charge in [0, 0.05) is 12.6 Å². The van der Waals surface area contributed by atoms with Crippen LogP contribution in [0.2, 0.25) is 5.15 Å². The van der Waals surface area contributed by atoms with E-state index in [0.717, 1.165) is 11.3 Å². The van der Waals surface area contributed by atoms with E-state index in [-0.39, 0.29) is 0 Å². The third-order valence-electron chi connectivity index (χ3n) is 2.50. The normalized spacial score (nSPS) is 12.9. The van der Waals surface area contributed by atoms with Crippen molar-refractivity contribution in [2.45, 2.75) is 13.3 Å². The number of aliphatic carboxylic acids is 1. The number of rotatable bonds is 3. The minimum absolute atomic E-state index is 0.374. The molecule has 4 nitrogen and oxygen atoms in total. The highest BCUT2D eigenvalue weighted by molar-refractivity contribution is 6.30. The molecule has 2 rings (SSSR count). The maximum Gasteiger partial charge on any atom is 0.306 e. The average molecular weight is 239 g/mol. The Morgan fingerprint density at radius 3 is 3.06 bits per heavy atom. The summed E-state index contributed by atoms with van der Waals surface area (Å²) in [5.41, 5.74) is 1.48. The van der Waals surface area contributed by atoms with Gasteiger partial charge in [-0.25, -0.2) is 4.98 Å². The Labute approximate surface area is 97.5 Å². The first kappa shape index (κ1) is 11.0. The van der Waals surface area contributed by atoms with Crippen molar-refractivity contribution in [2.75, 3.05) is 0 Å². The van der Waals surface area contributed by atoms with Gasteiger partial charge in [-0.3, -0.25) is 4.79 Å². The summed E-state index contributed by atoms with van der Waals surface area (Å²) >= 11 is 5.99. The second-order valence-electron chi connectivity index (χ2n) is 3.72. The van der Waals surface area contributed by atoms with Crippen molar-refractivity contribution in [3.05, 3.63) is 35.2 Å². The van der Waals surface area contributed by atoms with Crippen LogP contribution in [-0.4, -0.2) is 20.5 Å². The minimum Gasteiger partial charge on any atom is -0.481 e. The van der Waals surface area contributed by atoms with Crippen molar-refractivity contribution in [3.8, 4) is 0 Å². The number of carbonyl (C=O) groups is 1. The summed E-state index contributed by atoms with van der Waals surface area (Å²) in [6.07, 6.45) is 2.21. The summed E-state index contributed by atoms with van der Waals surface area (Å²) in [4.78, 5) is 15.0. The van der Waals surface area contributed by atoms with Crippen molar-refractivity contribution < 1.29 is 9.90 Å². The van der Waals surface area contributed by atoms with Crippen LogP contribution in [-0.2, 0) is 11.2 Å². The molecule has 0 aliphatic carbocycles. The zero-order valence-electron chi connectivity index (χ0n) is 8.72. The molecule has 84 valence electrons. The van der Waals surface area contributed by atoms with Crippen LogP contribution in [0.3, 0.4) is 0 Å². The summed E-state index contributed by atoms with van der Waals surface area (Å²) < 4.78 is 1.82. The Bertz CT molecular complexity index is 536. The van der Waals surface area contributed by atoms with Crippen LogP contribution in [0.1, 0.15) is 12.6 Å². The molecule has 0 aromatic carbocycles. The molecule has 5 heteroatoms. The average Bonchev–Trinajstić information content (AvgIpc) is 2.55. The number of halogens is 1. The molecule has 0 saturated heterocycles. The SMILES string of the molecule is CC(Cc1c(Cl)nc2ccccn12)C(=O)O. The van der Waals surface area contributed by atoms with E-state index in [2.05, 4.69) is 4.98 Å². The molecular weight excluding hydrogens is 228 g/mol. The van der Waals surface area contributed by atoms with Gasteiger partial charge in [0.25, 0.3) is 0 Å². The number of hydrogen-bond donors (Lipinski definition) is 1. The van der Waals surface area contributed by atoms with Gasteiger partial charge in [0.2, 0.25) is 0 Å². The number of carboxylic acid groups (broad SMARTS) is 1. The lowest BCUT2D eigenvalue weighted by molar-refractivity contribution is -0.141. The molecule has 2 heterocycles. The van der Waals surface area contributed by atoms with E-state index in [1.54, 1.807) is 6.92 Å². The molecule has 0 radical (unpaired) electrons. The zero-order valence-corrected chi connectivity index (χ0v) is 9.48. The number of imidazole rings is 1. The molecule has 0 bridgehead atoms. The molecule has 1 unspecified atom stereocenters. The lowest BCUT2D eigenvalue weighted by atomic mass is 10.1. The van der Waals surface area contributed by atoms with Crippen LogP contribution >= 0.6 is 11.6 Å². The van der Waals surface area contributed by atoms with E-state index < -0.39 is 11.9 Å². The van der Waals surface area contributed by atoms with Gasteiger partial charge >= 0.3 is 5.97 Å². The van der Waals surface area contributed by atoms with Crippen molar-refractivity contribution >= 4 is 23.2 Å². The highest BCUT2D eigenvalue weighted by atomic mass is 35.5. The maximum atomic E-state index is 10.8. The molecule has 0 saturated carbocycles. The highest BCUT2D eigenvalue weighted by Gasteiger charge is 2.17. The van der Waals surface area contributed by atoms with Crippen LogP contribution in [0, 0.1) is 5.92 Å². The van der Waals surface area contributed by atoms with Gasteiger partial charge in [-0.15, -0.1) is 0 Å². The van der Waals surface area contributed by atoms with E-state index in [0.29, 0.717) is 11.6 Å². The van der Waals surface area contributed by atoms with Gasteiger partial charge in [0.15, 0.2) is 5.15 Å². The van der Waals surface area contributed by atoms with Gasteiger partial charge in [0.1, 0.15) is 5.65 Å². The molecular formula is C11H11ClN2O2. The van der Waals surface area contributed by atoms with E-state index in [1.807, 2.05) is 28.8 Å². The molecule has 0 spiro atoms. The van der Waals surface area contributed by atoms with Gasteiger partial charge in [-0.05, 0) is 12.1 Å². The van der Waals surface area contributed by atoms with Gasteiger partial charge in [-0.2, -0.15) is 0 Å². The Kier molecular flexibility index (Phi) is 2.83. The van der Waals surface area contributed by atoms with Crippen molar-refractivity contribution in [1.29, 1.82) is 0 Å². The maximum absolute atomic E-state index is 10.8. The van der Waals surface area contributed by atoms with Gasteiger partial charge in [-0.1, -0.05) is 24.6 Å². The number of pyridine rings is 1. The molecule has 0 aliphatic heterocycles. The van der Waals surface area contributed by atoms with Crippen LogP contribution in [0.4, 0.5) is 0 Å². The second-order valence-corrected chi connectivity index (χ2v) is 4.08. The first-order chi connectivity index (χ1) is 7.59. The van der Waals surface area contributed by atoms with Crippen LogP contribution in [0.25, 0.3) is 5.65 Å². The van der Waals surface area contributed by atoms with Gasteiger partial charge in [0.05, 0.1) is 11.6 Å². The fourth-order valence-corrected chi connectivity index (χ4v) is 1.83. The fourth-order valence-electron chi connectivity index (χ4n) is 1.58. The summed E-state index contributed by atoms with van der Waals surface area (Å²) in [5, 5.41) is 9.25. The van der Waals surface area contributed by atoms with Crippen LogP contribution in [0.5, 0.6) is 0 Å². The fraction of sp³-hybridized carbons (Fsp3) is 0.273. The predicted octanol–water partition coefficient (Wildman–Crippen LogP) is 2.25. The molecule has 2 aromatic rings. The van der Waals surface area contributed by atoms with Crippen LogP contribution in [0.15, 0.2) is 24.4 Å². The number of carboxylic acids is 1. The molecule has 2 aromatic heterocycles. The number of aromatic nitrogens is 2. The Hall–Kier alpha value is -1.55. The topological polar surface area (TPSA) is 54.6 Å². The number of hydrogen-bond acceptors (Lipinski definition) is 2. The second kappa shape index (κ2) is 4.14. The summed E-state index contributed by atoms with van der Waals surface area (Å²) in [7, 11) is 0. The quantitative estimate of drug-likeness (QED) is 0.892. The molecule has 0 amide bonds. The van der Waals surface area contributed by atoms with E-state index in [4.69, 9.17) is 16.7 Å². The van der Waals surface area contributed by atoms with Crippen LogP contribution < -0.4 is 0 Å². The molecule has 0 fully saturated rings. The highest BCUT2D eigenvalue weighted by Crippen LogP contribution is 2.20. The summed E-state index contributed by atoms with van der Waals surface area (Å²) in [6, 6.07) is 5.56. The largest absolute Gasteiger partial charge is 0.481 e. The number of fused-ring (bicyclic) bond motifs is 1. The molecule has 16 heavy (non-hydrogen) atoms. The number of nitrogens with zero attached hydrogens (tertiary/aromatic N) is 2. The van der Waals surface area contributed by atoms with Crippen molar-refractivity contribution in [2.24, 2.45) is 5.92 Å². The third kappa shape index (κ3) is 1.88.